The van der Waals surface area contributed by atoms with Crippen LogP contribution in [-0.4, -0.2) is 51.6 Å². The molecule has 11 heteroatoms. The zero-order valence-corrected chi connectivity index (χ0v) is 17.9. The maximum Gasteiger partial charge on any atom is 0.325 e. The molecule has 0 spiro atoms. The number of non-ortho nitro benzene ring substituents is 1. The maximum absolute atomic E-state index is 13.1. The van der Waals surface area contributed by atoms with Gasteiger partial charge in [0.2, 0.25) is 11.8 Å². The Balaban J connectivity index is 1.77. The van der Waals surface area contributed by atoms with Crippen molar-refractivity contribution in [1.82, 2.24) is 15.1 Å². The van der Waals surface area contributed by atoms with Crippen molar-refractivity contribution in [3.8, 4) is 0 Å². The van der Waals surface area contributed by atoms with Crippen LogP contribution in [-0.2, 0) is 26.5 Å². The number of nitrogens with one attached hydrogen (secondary N) is 1. The van der Waals surface area contributed by atoms with Gasteiger partial charge in [-0.05, 0) is 30.2 Å². The fourth-order valence-corrected chi connectivity index (χ4v) is 3.53. The summed E-state index contributed by atoms with van der Waals surface area (Å²) >= 11 is 0. The summed E-state index contributed by atoms with van der Waals surface area (Å²) in [4.78, 5) is 62.4. The highest BCUT2D eigenvalue weighted by Gasteiger charge is 2.49. The molecule has 3 N–H and O–H groups in total. The summed E-state index contributed by atoms with van der Waals surface area (Å²) in [5.41, 5.74) is 4.74. The van der Waals surface area contributed by atoms with E-state index in [4.69, 9.17) is 5.73 Å². The second kappa shape index (κ2) is 9.47. The first-order chi connectivity index (χ1) is 15.6. The normalized spacial score (nSPS) is 17.5. The van der Waals surface area contributed by atoms with Crippen molar-refractivity contribution < 1.29 is 24.1 Å². The van der Waals surface area contributed by atoms with Gasteiger partial charge in [-0.3, -0.25) is 29.4 Å². The summed E-state index contributed by atoms with van der Waals surface area (Å²) in [5, 5.41) is 13.4. The Kier molecular flexibility index (Phi) is 6.71. The monoisotopic (exact) mass is 453 g/mol. The van der Waals surface area contributed by atoms with E-state index in [0.29, 0.717) is 5.56 Å². The molecule has 2 aromatic carbocycles. The fraction of sp³-hybridized carbons (Fsp3) is 0.273. The summed E-state index contributed by atoms with van der Waals surface area (Å²) in [7, 11) is 0. The summed E-state index contributed by atoms with van der Waals surface area (Å²) in [6.45, 7) is 1.15. The van der Waals surface area contributed by atoms with E-state index in [2.05, 4.69) is 5.32 Å². The Labute approximate surface area is 189 Å². The summed E-state index contributed by atoms with van der Waals surface area (Å²) in [6.07, 6.45) is -0.0702. The van der Waals surface area contributed by atoms with E-state index in [1.807, 2.05) is 18.2 Å². The lowest BCUT2D eigenvalue weighted by Gasteiger charge is -2.25. The third-order valence-electron chi connectivity index (χ3n) is 5.42. The lowest BCUT2D eigenvalue weighted by atomic mass is 9.92. The molecule has 0 saturated carbocycles. The van der Waals surface area contributed by atoms with Crippen molar-refractivity contribution in [1.29, 1.82) is 0 Å². The molecule has 0 radical (unpaired) electrons. The van der Waals surface area contributed by atoms with Crippen molar-refractivity contribution in [2.75, 3.05) is 13.1 Å². The summed E-state index contributed by atoms with van der Waals surface area (Å²) in [6, 6.07) is 13.5. The van der Waals surface area contributed by atoms with Crippen LogP contribution in [0.3, 0.4) is 0 Å². The molecule has 5 amide bonds. The maximum atomic E-state index is 13.1. The molecule has 0 aromatic heterocycles. The highest BCUT2D eigenvalue weighted by atomic mass is 16.6. The van der Waals surface area contributed by atoms with Crippen molar-refractivity contribution in [3.05, 3.63) is 75.8 Å². The Bertz CT molecular complexity index is 1090. The molecule has 1 aliphatic rings. The van der Waals surface area contributed by atoms with Crippen LogP contribution in [0.5, 0.6) is 0 Å². The zero-order chi connectivity index (χ0) is 24.2. The minimum absolute atomic E-state index is 0.0341. The molecule has 1 unspecified atom stereocenters. The molecule has 2 aromatic rings. The van der Waals surface area contributed by atoms with E-state index < -0.39 is 40.8 Å². The molecule has 1 atom stereocenters. The largest absolute Gasteiger partial charge is 0.370 e. The van der Waals surface area contributed by atoms with Crippen LogP contribution in [0.15, 0.2) is 54.6 Å². The number of rotatable bonds is 9. The average molecular weight is 453 g/mol. The number of nitrogens with zero attached hydrogens (tertiary/aromatic N) is 3. The van der Waals surface area contributed by atoms with E-state index in [1.54, 1.807) is 12.1 Å². The highest BCUT2D eigenvalue weighted by molar-refractivity contribution is 6.09. The number of nitro benzene ring substituents is 1. The first-order valence-electron chi connectivity index (χ1n) is 10.1. The quantitative estimate of drug-likeness (QED) is 0.331. The van der Waals surface area contributed by atoms with Gasteiger partial charge < -0.3 is 16.0 Å². The minimum Gasteiger partial charge on any atom is -0.370 e. The smallest absolute Gasteiger partial charge is 0.325 e. The van der Waals surface area contributed by atoms with Crippen LogP contribution >= 0.6 is 0 Å². The second-order valence-electron chi connectivity index (χ2n) is 7.77. The van der Waals surface area contributed by atoms with Crippen LogP contribution in [0.4, 0.5) is 10.5 Å². The number of hydrogen-bond acceptors (Lipinski definition) is 6. The number of amides is 5. The van der Waals surface area contributed by atoms with Gasteiger partial charge in [-0.25, -0.2) is 4.79 Å². The van der Waals surface area contributed by atoms with Crippen molar-refractivity contribution in [2.24, 2.45) is 5.73 Å². The van der Waals surface area contributed by atoms with Gasteiger partial charge in [-0.15, -0.1) is 0 Å². The van der Waals surface area contributed by atoms with Gasteiger partial charge in [0.1, 0.15) is 12.1 Å². The minimum atomic E-state index is -1.48. The van der Waals surface area contributed by atoms with Gasteiger partial charge in [-0.2, -0.15) is 0 Å². The van der Waals surface area contributed by atoms with E-state index in [-0.39, 0.29) is 25.2 Å². The SMILES string of the molecule is CC1(c2ccc([N+](=O)[O-])cc2)NC(=O)N(CC(=O)N(CCC(N)=O)Cc2ccccc2)C1=O. The van der Waals surface area contributed by atoms with Crippen LogP contribution in [0.25, 0.3) is 0 Å². The standard InChI is InChI=1S/C22H23N5O6/c1-22(16-7-9-17(10-8-16)27(32)33)20(30)26(21(31)24-22)14-19(29)25(12-11-18(23)28)13-15-5-3-2-4-6-15/h2-10H,11-14H2,1H3,(H2,23,28)(H,24,31). The lowest BCUT2D eigenvalue weighted by Crippen LogP contribution is -2.45. The molecule has 11 nitrogen and oxygen atoms in total. The third kappa shape index (κ3) is 5.14. The van der Waals surface area contributed by atoms with Gasteiger partial charge >= 0.3 is 6.03 Å². The topological polar surface area (TPSA) is 156 Å². The molecule has 0 bridgehead atoms. The molecule has 1 heterocycles. The lowest BCUT2D eigenvalue weighted by molar-refractivity contribution is -0.384. The first-order valence-corrected chi connectivity index (χ1v) is 10.1. The van der Waals surface area contributed by atoms with Crippen LogP contribution in [0.1, 0.15) is 24.5 Å². The van der Waals surface area contributed by atoms with Gasteiger partial charge in [-0.1, -0.05) is 30.3 Å². The Morgan fingerprint density at radius 2 is 1.76 bits per heavy atom. The van der Waals surface area contributed by atoms with Crippen LogP contribution in [0.2, 0.25) is 0 Å². The van der Waals surface area contributed by atoms with Crippen LogP contribution < -0.4 is 11.1 Å². The number of carbonyl (C=O) groups is 4. The Morgan fingerprint density at radius 1 is 1.12 bits per heavy atom. The molecule has 0 aliphatic carbocycles. The van der Waals surface area contributed by atoms with E-state index in [1.165, 1.54) is 36.1 Å². The van der Waals surface area contributed by atoms with Gasteiger partial charge in [0.15, 0.2) is 0 Å². The van der Waals surface area contributed by atoms with Crippen molar-refractivity contribution >= 4 is 29.4 Å². The molecular formula is C22H23N5O6. The number of primary amides is 1. The van der Waals surface area contributed by atoms with E-state index in [9.17, 15) is 29.3 Å². The van der Waals surface area contributed by atoms with Crippen molar-refractivity contribution in [3.63, 3.8) is 0 Å². The average Bonchev–Trinajstić information content (AvgIpc) is 3.01. The van der Waals surface area contributed by atoms with E-state index in [0.717, 1.165) is 10.5 Å². The van der Waals surface area contributed by atoms with Crippen molar-refractivity contribution in [2.45, 2.75) is 25.4 Å². The second-order valence-corrected chi connectivity index (χ2v) is 7.77. The first kappa shape index (κ1) is 23.4. The molecule has 1 fully saturated rings. The summed E-state index contributed by atoms with van der Waals surface area (Å²) in [5.74, 6) is -1.78. The number of benzene rings is 2. The fourth-order valence-electron chi connectivity index (χ4n) is 3.53. The number of hydrogen-bond donors (Lipinski definition) is 2. The number of nitrogens with two attached hydrogens (primary N) is 1. The number of urea groups is 1. The Hall–Kier alpha value is -4.28. The molecule has 1 aliphatic heterocycles. The molecule has 1 saturated heterocycles. The number of nitro groups is 1. The predicted molar refractivity (Wildman–Crippen MR) is 116 cm³/mol. The van der Waals surface area contributed by atoms with Crippen LogP contribution in [0, 0.1) is 10.1 Å². The Morgan fingerprint density at radius 3 is 2.33 bits per heavy atom. The number of imide groups is 1. The molecule has 172 valence electrons. The predicted octanol–water partition coefficient (Wildman–Crippen LogP) is 1.27. The zero-order valence-electron chi connectivity index (χ0n) is 17.9. The molecule has 33 heavy (non-hydrogen) atoms. The van der Waals surface area contributed by atoms with E-state index >= 15 is 0 Å². The molecular weight excluding hydrogens is 430 g/mol. The number of carbonyl (C=O) groups excluding carboxylic acids is 4. The third-order valence-corrected chi connectivity index (χ3v) is 5.42. The summed E-state index contributed by atoms with van der Waals surface area (Å²) < 4.78 is 0. The van der Waals surface area contributed by atoms with Gasteiger partial charge in [0.05, 0.1) is 4.92 Å². The van der Waals surface area contributed by atoms with Gasteiger partial charge in [0.25, 0.3) is 11.6 Å². The highest BCUT2D eigenvalue weighted by Crippen LogP contribution is 2.30. The van der Waals surface area contributed by atoms with Gasteiger partial charge in [0, 0.05) is 31.6 Å². The molecule has 3 rings (SSSR count).